The smallest absolute Gasteiger partial charge is 0.329 e. The highest BCUT2D eigenvalue weighted by atomic mass is 35.5. The number of benzene rings is 1. The molecule has 6 N–H and O–H groups in total. The monoisotopic (exact) mass is 572 g/mol. The number of hydrogen-bond donors (Lipinski definition) is 6. The molecule has 3 heterocycles. The van der Waals surface area contributed by atoms with Gasteiger partial charge in [-0.2, -0.15) is 0 Å². The number of fused-ring (bicyclic) bond motifs is 1. The maximum absolute atomic E-state index is 13.7. The van der Waals surface area contributed by atoms with Gasteiger partial charge in [0, 0.05) is 5.02 Å². The Morgan fingerprint density at radius 1 is 0.795 bits per heavy atom. The van der Waals surface area contributed by atoms with E-state index in [0.29, 0.717) is 16.1 Å². The fourth-order valence-corrected chi connectivity index (χ4v) is 5.06. The van der Waals surface area contributed by atoms with E-state index >= 15 is 0 Å². The molecule has 1 aromatic heterocycles. The number of halogens is 1. The van der Waals surface area contributed by atoms with E-state index in [4.69, 9.17) is 30.5 Å². The molecule has 14 heteroatoms. The first kappa shape index (κ1) is 29.8. The van der Waals surface area contributed by atoms with E-state index in [1.807, 2.05) is 0 Å². The summed E-state index contributed by atoms with van der Waals surface area (Å²) in [6, 6.07) is 4.66. The predicted octanol–water partition coefficient (Wildman–Crippen LogP) is -1.52. The highest BCUT2D eigenvalue weighted by Crippen LogP contribution is 2.28. The molecule has 2 fully saturated rings. The van der Waals surface area contributed by atoms with Gasteiger partial charge in [0.05, 0.1) is 37.3 Å². The number of aliphatic hydroxyl groups is 6. The lowest BCUT2D eigenvalue weighted by atomic mass is 9.98. The van der Waals surface area contributed by atoms with Gasteiger partial charge >= 0.3 is 5.69 Å². The standard InChI is InChI=1S/C25H33ClN2O11/c1-3-7-36-21-17(29)15(38-23(33)19(21)31)10-27-13-6-5-12(26)9-14(13)28(25(27)35)11-16-18(30)22(37-8-4-2)20(32)24(34)39-16/h3-6,9,15-24,29-34H,1-2,7-8,10-11H2/t15-,16+,17+,18-,19+,20-,21+,22-,23-,24+/m1/s1. The fraction of sp³-hybridized carbons (Fsp3) is 0.560. The molecule has 0 saturated carbocycles. The molecule has 4 rings (SSSR count). The maximum Gasteiger partial charge on any atom is 0.329 e. The molecule has 1 aromatic carbocycles. The third kappa shape index (κ3) is 5.99. The summed E-state index contributed by atoms with van der Waals surface area (Å²) >= 11 is 6.21. The summed E-state index contributed by atoms with van der Waals surface area (Å²) in [5.41, 5.74) is 0.125. The highest BCUT2D eigenvalue weighted by Gasteiger charge is 2.46. The van der Waals surface area contributed by atoms with Crippen LogP contribution in [0.5, 0.6) is 0 Å². The second kappa shape index (κ2) is 12.6. The Morgan fingerprint density at radius 3 is 1.72 bits per heavy atom. The molecule has 216 valence electrons. The van der Waals surface area contributed by atoms with Crippen LogP contribution in [0, 0.1) is 0 Å². The lowest BCUT2D eigenvalue weighted by Crippen LogP contribution is -2.60. The normalized spacial score (nSPS) is 35.3. The topological polar surface area (TPSA) is 185 Å². The van der Waals surface area contributed by atoms with E-state index in [1.54, 1.807) is 12.1 Å². The second-order valence-corrected chi connectivity index (χ2v) is 9.84. The molecule has 13 nitrogen and oxygen atoms in total. The first-order chi connectivity index (χ1) is 18.6. The third-order valence-corrected chi connectivity index (χ3v) is 7.08. The van der Waals surface area contributed by atoms with Gasteiger partial charge in [-0.15, -0.1) is 13.2 Å². The summed E-state index contributed by atoms with van der Waals surface area (Å²) in [7, 11) is 0. The van der Waals surface area contributed by atoms with Crippen molar-refractivity contribution >= 4 is 22.6 Å². The zero-order valence-corrected chi connectivity index (χ0v) is 21.7. The van der Waals surface area contributed by atoms with E-state index in [1.165, 1.54) is 27.4 Å². The van der Waals surface area contributed by atoms with Crippen molar-refractivity contribution < 1.29 is 49.6 Å². The third-order valence-electron chi connectivity index (χ3n) is 6.84. The molecule has 0 spiro atoms. The summed E-state index contributed by atoms with van der Waals surface area (Å²) in [4.78, 5) is 13.7. The summed E-state index contributed by atoms with van der Waals surface area (Å²) < 4.78 is 24.2. The Bertz CT molecular complexity index is 1220. The van der Waals surface area contributed by atoms with Crippen LogP contribution in [0.4, 0.5) is 0 Å². The number of aliphatic hydroxyl groups excluding tert-OH is 6. The van der Waals surface area contributed by atoms with Crippen molar-refractivity contribution in [1.29, 1.82) is 0 Å². The van der Waals surface area contributed by atoms with Crippen molar-refractivity contribution in [3.05, 3.63) is 59.0 Å². The van der Waals surface area contributed by atoms with Crippen molar-refractivity contribution in [1.82, 2.24) is 9.13 Å². The van der Waals surface area contributed by atoms with Crippen LogP contribution in [-0.4, -0.2) is 114 Å². The molecule has 0 amide bonds. The average Bonchev–Trinajstić information content (AvgIpc) is 3.15. The Kier molecular flexibility index (Phi) is 9.62. The minimum Gasteiger partial charge on any atom is -0.388 e. The van der Waals surface area contributed by atoms with Crippen molar-refractivity contribution in [2.45, 2.75) is 74.5 Å². The van der Waals surface area contributed by atoms with Crippen LogP contribution in [0.15, 0.2) is 48.3 Å². The van der Waals surface area contributed by atoms with Gasteiger partial charge in [0.1, 0.15) is 48.8 Å². The zero-order chi connectivity index (χ0) is 28.4. The van der Waals surface area contributed by atoms with Gasteiger partial charge in [-0.3, -0.25) is 9.13 Å². The summed E-state index contributed by atoms with van der Waals surface area (Å²) in [5.74, 6) is 0. The van der Waals surface area contributed by atoms with Crippen molar-refractivity contribution in [3.8, 4) is 0 Å². The highest BCUT2D eigenvalue weighted by molar-refractivity contribution is 6.31. The van der Waals surface area contributed by atoms with Gasteiger partial charge in [-0.05, 0) is 18.2 Å². The molecule has 0 unspecified atom stereocenters. The maximum atomic E-state index is 13.7. The molecule has 10 atom stereocenters. The van der Waals surface area contributed by atoms with E-state index < -0.39 is 67.1 Å². The lowest BCUT2D eigenvalue weighted by Gasteiger charge is -2.40. The van der Waals surface area contributed by atoms with E-state index in [9.17, 15) is 35.4 Å². The quantitative estimate of drug-likeness (QED) is 0.182. The van der Waals surface area contributed by atoms with Crippen molar-refractivity contribution in [3.63, 3.8) is 0 Å². The summed E-state index contributed by atoms with van der Waals surface area (Å²) in [6.45, 7) is 6.54. The number of imidazole rings is 1. The van der Waals surface area contributed by atoms with Crippen LogP contribution >= 0.6 is 11.6 Å². The van der Waals surface area contributed by atoms with E-state index in [0.717, 1.165) is 0 Å². The van der Waals surface area contributed by atoms with Crippen LogP contribution in [0.3, 0.4) is 0 Å². The molecule has 2 aliphatic rings. The van der Waals surface area contributed by atoms with Crippen LogP contribution in [0.1, 0.15) is 0 Å². The Morgan fingerprint density at radius 2 is 1.26 bits per heavy atom. The van der Waals surface area contributed by atoms with E-state index in [-0.39, 0.29) is 26.3 Å². The van der Waals surface area contributed by atoms with Crippen molar-refractivity contribution in [2.24, 2.45) is 0 Å². The van der Waals surface area contributed by atoms with Gasteiger partial charge in [-0.25, -0.2) is 4.79 Å². The lowest BCUT2D eigenvalue weighted by molar-refractivity contribution is -0.290. The summed E-state index contributed by atoms with van der Waals surface area (Å²) in [6.07, 6.45) is -11.2. The molecule has 39 heavy (non-hydrogen) atoms. The molecule has 0 bridgehead atoms. The van der Waals surface area contributed by atoms with Crippen LogP contribution < -0.4 is 5.69 Å². The van der Waals surface area contributed by atoms with Gasteiger partial charge in [-0.1, -0.05) is 23.8 Å². The molecule has 2 aliphatic heterocycles. The fourth-order valence-electron chi connectivity index (χ4n) is 4.89. The Hall–Kier alpha value is -2.14. The first-order valence-corrected chi connectivity index (χ1v) is 12.7. The van der Waals surface area contributed by atoms with Crippen LogP contribution in [0.25, 0.3) is 11.0 Å². The minimum atomic E-state index is -1.69. The molecular weight excluding hydrogens is 540 g/mol. The molecular formula is C25H33ClN2O11. The largest absolute Gasteiger partial charge is 0.388 e. The minimum absolute atomic E-state index is 0.00223. The van der Waals surface area contributed by atoms with Gasteiger partial charge in [0.25, 0.3) is 0 Å². The van der Waals surface area contributed by atoms with Crippen LogP contribution in [-0.2, 0) is 32.0 Å². The number of rotatable bonds is 10. The van der Waals surface area contributed by atoms with Gasteiger partial charge in [0.2, 0.25) is 0 Å². The SMILES string of the molecule is C=CCO[C@H]1[C@@H](O)[C@@H](Cn2c(=O)n(C[C@@H]3O[C@H](O)[C@H](O)[C@H](OCC=C)[C@@H]3O)c3cc(Cl)ccc32)O[C@@H](O)[C@H]1O. The number of hydrogen-bond acceptors (Lipinski definition) is 11. The number of aromatic nitrogens is 2. The first-order valence-electron chi connectivity index (χ1n) is 12.3. The van der Waals surface area contributed by atoms with Gasteiger partial charge < -0.3 is 49.6 Å². The second-order valence-electron chi connectivity index (χ2n) is 9.40. The Labute approximate surface area is 228 Å². The van der Waals surface area contributed by atoms with E-state index in [2.05, 4.69) is 13.2 Å². The Balaban J connectivity index is 1.66. The molecule has 0 radical (unpaired) electrons. The predicted molar refractivity (Wildman–Crippen MR) is 137 cm³/mol. The molecule has 2 saturated heterocycles. The zero-order valence-electron chi connectivity index (χ0n) is 20.9. The molecule has 2 aromatic rings. The van der Waals surface area contributed by atoms with Crippen molar-refractivity contribution in [2.75, 3.05) is 13.2 Å². The van der Waals surface area contributed by atoms with Gasteiger partial charge in [0.15, 0.2) is 12.6 Å². The number of ether oxygens (including phenoxy) is 4. The summed E-state index contributed by atoms with van der Waals surface area (Å²) in [5, 5.41) is 62.9. The van der Waals surface area contributed by atoms with Crippen LogP contribution in [0.2, 0.25) is 5.02 Å². The number of nitrogens with zero attached hydrogens (tertiary/aromatic N) is 2. The average molecular weight is 573 g/mol. The molecule has 0 aliphatic carbocycles.